The fourth-order valence-corrected chi connectivity index (χ4v) is 4.38. The number of carbonyl (C=O) groups is 1. The number of halogens is 1. The topological polar surface area (TPSA) is 42.0 Å². The van der Waals surface area contributed by atoms with Crippen LogP contribution in [0.5, 0.6) is 0 Å². The Labute approximate surface area is 147 Å². The van der Waals surface area contributed by atoms with Crippen LogP contribution in [0.4, 0.5) is 9.18 Å². The zero-order chi connectivity index (χ0) is 17.2. The van der Waals surface area contributed by atoms with Crippen LogP contribution >= 0.6 is 0 Å². The van der Waals surface area contributed by atoms with Crippen LogP contribution in [0.25, 0.3) is 0 Å². The maximum absolute atomic E-state index is 13.3. The van der Waals surface area contributed by atoms with Gasteiger partial charge in [0.25, 0.3) is 0 Å². The maximum Gasteiger partial charge on any atom is 0.411 e. The molecule has 0 N–H and O–H groups in total. The summed E-state index contributed by atoms with van der Waals surface area (Å²) in [7, 11) is 0. The molecule has 25 heavy (non-hydrogen) atoms. The first kappa shape index (κ1) is 16.8. The number of ether oxygens (including phenoxy) is 2. The van der Waals surface area contributed by atoms with Crippen molar-refractivity contribution in [3.8, 4) is 0 Å². The van der Waals surface area contributed by atoms with Crippen molar-refractivity contribution in [3.05, 3.63) is 35.6 Å². The fourth-order valence-electron chi connectivity index (χ4n) is 4.38. The first-order valence-electron chi connectivity index (χ1n) is 9.21. The zero-order valence-corrected chi connectivity index (χ0v) is 14.4. The van der Waals surface area contributed by atoms with Crippen LogP contribution in [0.15, 0.2) is 24.3 Å². The minimum atomic E-state index is -0.254. The summed E-state index contributed by atoms with van der Waals surface area (Å²) in [6, 6.07) is 7.01. The van der Waals surface area contributed by atoms with Crippen molar-refractivity contribution in [2.24, 2.45) is 5.92 Å². The maximum atomic E-state index is 13.3. The number of hydrogen-bond donors (Lipinski definition) is 0. The molecular formula is C19H25FN2O3. The molecule has 6 heteroatoms. The number of carbonyl (C=O) groups excluding carboxylic acids is 1. The van der Waals surface area contributed by atoms with E-state index in [1.54, 1.807) is 11.0 Å². The van der Waals surface area contributed by atoms with Gasteiger partial charge in [0, 0.05) is 25.6 Å². The Morgan fingerprint density at radius 1 is 1.28 bits per heavy atom. The van der Waals surface area contributed by atoms with E-state index in [0.29, 0.717) is 31.6 Å². The third-order valence-electron chi connectivity index (χ3n) is 5.58. The van der Waals surface area contributed by atoms with Crippen LogP contribution in [-0.4, -0.2) is 61.0 Å². The minimum Gasteiger partial charge on any atom is -0.444 e. The van der Waals surface area contributed by atoms with E-state index in [1.165, 1.54) is 18.6 Å². The minimum absolute atomic E-state index is 0.204. The molecule has 3 heterocycles. The van der Waals surface area contributed by atoms with Gasteiger partial charge in [-0.05, 0) is 42.9 Å². The van der Waals surface area contributed by atoms with Gasteiger partial charge in [-0.1, -0.05) is 12.1 Å². The van der Waals surface area contributed by atoms with Crippen molar-refractivity contribution in [1.82, 2.24) is 9.80 Å². The largest absolute Gasteiger partial charge is 0.444 e. The van der Waals surface area contributed by atoms with E-state index in [0.717, 1.165) is 38.2 Å². The molecule has 0 saturated carbocycles. The molecule has 136 valence electrons. The number of rotatable bonds is 4. The van der Waals surface area contributed by atoms with Gasteiger partial charge in [0.2, 0.25) is 0 Å². The Morgan fingerprint density at radius 2 is 2.20 bits per heavy atom. The summed E-state index contributed by atoms with van der Waals surface area (Å²) in [5, 5.41) is 0. The first-order chi connectivity index (χ1) is 12.2. The van der Waals surface area contributed by atoms with Gasteiger partial charge in [0.15, 0.2) is 0 Å². The number of cyclic esters (lactones) is 1. The predicted molar refractivity (Wildman–Crippen MR) is 90.6 cm³/mol. The van der Waals surface area contributed by atoms with Crippen molar-refractivity contribution in [1.29, 1.82) is 0 Å². The van der Waals surface area contributed by atoms with Crippen LogP contribution in [0.3, 0.4) is 0 Å². The second kappa shape index (κ2) is 7.30. The van der Waals surface area contributed by atoms with Gasteiger partial charge in [-0.15, -0.1) is 0 Å². The molecule has 3 aliphatic rings. The van der Waals surface area contributed by atoms with Crippen molar-refractivity contribution in [2.75, 3.05) is 33.0 Å². The van der Waals surface area contributed by atoms with E-state index in [-0.39, 0.29) is 18.0 Å². The predicted octanol–water partition coefficient (Wildman–Crippen LogP) is 2.65. The van der Waals surface area contributed by atoms with Crippen LogP contribution in [0.1, 0.15) is 24.8 Å². The summed E-state index contributed by atoms with van der Waals surface area (Å²) < 4.78 is 24.4. The van der Waals surface area contributed by atoms with Gasteiger partial charge < -0.3 is 9.47 Å². The summed E-state index contributed by atoms with van der Waals surface area (Å²) in [4.78, 5) is 16.5. The zero-order valence-electron chi connectivity index (χ0n) is 14.4. The van der Waals surface area contributed by atoms with Gasteiger partial charge in [0.1, 0.15) is 11.9 Å². The number of likely N-dealkylation sites (tertiary alicyclic amines) is 1. The van der Waals surface area contributed by atoms with Crippen molar-refractivity contribution < 1.29 is 18.7 Å². The quantitative estimate of drug-likeness (QED) is 0.839. The van der Waals surface area contributed by atoms with Crippen molar-refractivity contribution in [2.45, 2.75) is 37.8 Å². The Kier molecular flexibility index (Phi) is 4.90. The van der Waals surface area contributed by atoms with Gasteiger partial charge in [-0.3, -0.25) is 9.80 Å². The molecule has 0 bridgehead atoms. The summed E-state index contributed by atoms with van der Waals surface area (Å²) in [6.45, 7) is 3.87. The highest BCUT2D eigenvalue weighted by Crippen LogP contribution is 2.30. The second-order valence-corrected chi connectivity index (χ2v) is 7.35. The number of benzene rings is 1. The Hall–Kier alpha value is -1.66. The number of nitrogens with zero attached hydrogens (tertiary/aromatic N) is 2. The molecule has 3 saturated heterocycles. The molecular weight excluding hydrogens is 323 g/mol. The van der Waals surface area contributed by atoms with Gasteiger partial charge >= 0.3 is 6.09 Å². The van der Waals surface area contributed by atoms with Crippen LogP contribution in [0.2, 0.25) is 0 Å². The van der Waals surface area contributed by atoms with E-state index in [1.807, 2.05) is 6.07 Å². The average molecular weight is 348 g/mol. The molecule has 0 aromatic heterocycles. The second-order valence-electron chi connectivity index (χ2n) is 7.35. The molecule has 3 atom stereocenters. The number of hydrogen-bond acceptors (Lipinski definition) is 4. The van der Waals surface area contributed by atoms with Crippen molar-refractivity contribution >= 4 is 6.09 Å². The van der Waals surface area contributed by atoms with Gasteiger partial charge in [0.05, 0.1) is 19.8 Å². The molecule has 0 aliphatic carbocycles. The molecule has 3 fully saturated rings. The Bertz CT molecular complexity index is 624. The standard InChI is InChI=1S/C19H25FN2O3/c20-16-5-1-3-14(9-16)10-17-11-22(19(23)25-17)13-21-7-2-4-15-12-24-8-6-18(15)21/h1,3,5,9,15,17-18H,2,4,6-8,10-13H2. The highest BCUT2D eigenvalue weighted by molar-refractivity contribution is 5.69. The molecule has 1 aromatic carbocycles. The van der Waals surface area contributed by atoms with Crippen LogP contribution in [0, 0.1) is 11.7 Å². The number of piperidine rings is 1. The normalized spacial score (nSPS) is 30.2. The highest BCUT2D eigenvalue weighted by atomic mass is 19.1. The SMILES string of the molecule is O=C1OC(Cc2cccc(F)c2)CN1CN1CCCC2COCCC21. The van der Waals surface area contributed by atoms with Gasteiger partial charge in [-0.25, -0.2) is 9.18 Å². The molecule has 1 aromatic rings. The number of fused-ring (bicyclic) bond motifs is 1. The Balaban J connectivity index is 1.36. The lowest BCUT2D eigenvalue weighted by molar-refractivity contribution is -0.0471. The number of amides is 1. The third-order valence-corrected chi connectivity index (χ3v) is 5.58. The summed E-state index contributed by atoms with van der Waals surface area (Å²) in [5.41, 5.74) is 0.863. The first-order valence-corrected chi connectivity index (χ1v) is 9.21. The summed E-state index contributed by atoms with van der Waals surface area (Å²) in [5.74, 6) is 0.335. The van der Waals surface area contributed by atoms with Crippen LogP contribution in [-0.2, 0) is 15.9 Å². The van der Waals surface area contributed by atoms with E-state index >= 15 is 0 Å². The molecule has 0 spiro atoms. The monoisotopic (exact) mass is 348 g/mol. The average Bonchev–Trinajstić information content (AvgIpc) is 2.94. The molecule has 3 aliphatic heterocycles. The molecule has 1 amide bonds. The van der Waals surface area contributed by atoms with E-state index in [2.05, 4.69) is 4.90 Å². The van der Waals surface area contributed by atoms with Crippen molar-refractivity contribution in [3.63, 3.8) is 0 Å². The molecule has 3 unspecified atom stereocenters. The lowest BCUT2D eigenvalue weighted by Gasteiger charge is -2.44. The fraction of sp³-hybridized carbons (Fsp3) is 0.632. The van der Waals surface area contributed by atoms with Crippen LogP contribution < -0.4 is 0 Å². The van der Waals surface area contributed by atoms with E-state index < -0.39 is 0 Å². The summed E-state index contributed by atoms with van der Waals surface area (Å²) >= 11 is 0. The van der Waals surface area contributed by atoms with Gasteiger partial charge in [-0.2, -0.15) is 0 Å². The third kappa shape index (κ3) is 3.80. The van der Waals surface area contributed by atoms with E-state index in [9.17, 15) is 9.18 Å². The van der Waals surface area contributed by atoms with E-state index in [4.69, 9.17) is 9.47 Å². The highest BCUT2D eigenvalue weighted by Gasteiger charge is 2.38. The Morgan fingerprint density at radius 3 is 3.08 bits per heavy atom. The molecule has 5 nitrogen and oxygen atoms in total. The lowest BCUT2D eigenvalue weighted by Crippen LogP contribution is -2.53. The summed E-state index contributed by atoms with van der Waals surface area (Å²) in [6.07, 6.45) is 3.51. The lowest BCUT2D eigenvalue weighted by atomic mass is 9.86. The smallest absolute Gasteiger partial charge is 0.411 e. The molecule has 0 radical (unpaired) electrons. The molecule has 4 rings (SSSR count).